The van der Waals surface area contributed by atoms with Crippen LogP contribution in [0.1, 0.15) is 38.5 Å². The SMILES string of the molecule is O=C(Oc1ccc2c(c1)OCO2)C12C[C@@H]3C[C@@H](CC(Br)(C3)C1)C2. The van der Waals surface area contributed by atoms with Gasteiger partial charge in [0.15, 0.2) is 11.5 Å². The predicted octanol–water partition coefficient (Wildman–Crippen LogP) is 4.05. The molecule has 0 radical (unpaired) electrons. The molecule has 122 valence electrons. The van der Waals surface area contributed by atoms with E-state index < -0.39 is 0 Å². The van der Waals surface area contributed by atoms with Crippen molar-refractivity contribution in [3.05, 3.63) is 18.2 Å². The molecule has 1 aromatic carbocycles. The first kappa shape index (κ1) is 14.1. The van der Waals surface area contributed by atoms with E-state index in [9.17, 15) is 4.79 Å². The van der Waals surface area contributed by atoms with Gasteiger partial charge in [0.05, 0.1) is 5.41 Å². The van der Waals surface area contributed by atoms with Gasteiger partial charge >= 0.3 is 5.97 Å². The Balaban J connectivity index is 1.40. The molecular formula is C18H19BrO4. The second-order valence-electron chi connectivity index (χ2n) is 7.80. The number of halogens is 1. The first-order valence-electron chi connectivity index (χ1n) is 8.35. The molecule has 4 fully saturated rings. The fourth-order valence-corrected chi connectivity index (χ4v) is 7.00. The standard InChI is InChI=1S/C18H19BrO4/c19-18-7-11-3-12(8-18)6-17(5-11,9-18)16(20)23-13-1-2-14-15(4-13)22-10-21-14/h1-2,4,11-12H,3,5-10H2/t11-,12+,17?,18?. The smallest absolute Gasteiger partial charge is 0.317 e. The van der Waals surface area contributed by atoms with E-state index in [1.165, 1.54) is 19.3 Å². The van der Waals surface area contributed by atoms with Gasteiger partial charge in [0, 0.05) is 10.4 Å². The zero-order valence-corrected chi connectivity index (χ0v) is 14.4. The first-order chi connectivity index (χ1) is 11.0. The van der Waals surface area contributed by atoms with Crippen molar-refractivity contribution >= 4 is 21.9 Å². The van der Waals surface area contributed by atoms with Crippen molar-refractivity contribution in [1.82, 2.24) is 0 Å². The number of hydrogen-bond donors (Lipinski definition) is 0. The Morgan fingerprint density at radius 2 is 1.87 bits per heavy atom. The molecule has 0 saturated heterocycles. The van der Waals surface area contributed by atoms with Gasteiger partial charge in [0.25, 0.3) is 0 Å². The molecule has 4 aliphatic carbocycles. The van der Waals surface area contributed by atoms with Gasteiger partial charge in [0.1, 0.15) is 5.75 Å². The van der Waals surface area contributed by atoms with Crippen molar-refractivity contribution in [3.63, 3.8) is 0 Å². The van der Waals surface area contributed by atoms with Gasteiger partial charge in [-0.2, -0.15) is 0 Å². The number of fused-ring (bicyclic) bond motifs is 1. The molecule has 1 aliphatic heterocycles. The van der Waals surface area contributed by atoms with Crippen molar-refractivity contribution < 1.29 is 19.0 Å². The highest BCUT2D eigenvalue weighted by Crippen LogP contribution is 2.64. The van der Waals surface area contributed by atoms with Gasteiger partial charge < -0.3 is 14.2 Å². The lowest BCUT2D eigenvalue weighted by Gasteiger charge is -2.58. The van der Waals surface area contributed by atoms with Crippen LogP contribution in [0.25, 0.3) is 0 Å². The molecule has 0 N–H and O–H groups in total. The van der Waals surface area contributed by atoms with Crippen molar-refractivity contribution in [2.45, 2.75) is 42.8 Å². The number of ether oxygens (including phenoxy) is 3. The second-order valence-corrected chi connectivity index (χ2v) is 9.48. The minimum atomic E-state index is -0.302. The molecule has 23 heavy (non-hydrogen) atoms. The summed E-state index contributed by atoms with van der Waals surface area (Å²) < 4.78 is 16.6. The third-order valence-corrected chi connectivity index (χ3v) is 6.91. The topological polar surface area (TPSA) is 44.8 Å². The van der Waals surface area contributed by atoms with E-state index >= 15 is 0 Å². The highest BCUT2D eigenvalue weighted by Gasteiger charge is 2.60. The summed E-state index contributed by atoms with van der Waals surface area (Å²) in [6, 6.07) is 5.34. The van der Waals surface area contributed by atoms with Crippen LogP contribution in [0.4, 0.5) is 0 Å². The van der Waals surface area contributed by atoms with E-state index in [1.807, 2.05) is 0 Å². The van der Waals surface area contributed by atoms with Crippen LogP contribution in [0.15, 0.2) is 18.2 Å². The largest absolute Gasteiger partial charge is 0.454 e. The van der Waals surface area contributed by atoms with Crippen molar-refractivity contribution in [3.8, 4) is 17.2 Å². The monoisotopic (exact) mass is 378 g/mol. The molecule has 5 heteroatoms. The fraction of sp³-hybridized carbons (Fsp3) is 0.611. The number of alkyl halides is 1. The third-order valence-electron chi connectivity index (χ3n) is 5.98. The van der Waals surface area contributed by atoms with Gasteiger partial charge in [-0.15, -0.1) is 0 Å². The van der Waals surface area contributed by atoms with Crippen LogP contribution in [0.3, 0.4) is 0 Å². The van der Waals surface area contributed by atoms with Crippen LogP contribution >= 0.6 is 15.9 Å². The summed E-state index contributed by atoms with van der Waals surface area (Å²) >= 11 is 3.94. The number of carbonyl (C=O) groups is 1. The number of rotatable bonds is 2. The van der Waals surface area contributed by atoms with Gasteiger partial charge in [-0.05, 0) is 62.5 Å². The predicted molar refractivity (Wildman–Crippen MR) is 87.0 cm³/mol. The zero-order valence-electron chi connectivity index (χ0n) is 12.8. The average Bonchev–Trinajstić information content (AvgIpc) is 2.92. The summed E-state index contributed by atoms with van der Waals surface area (Å²) in [7, 11) is 0. The van der Waals surface area contributed by atoms with E-state index in [0.29, 0.717) is 29.1 Å². The summed E-state index contributed by atoms with van der Waals surface area (Å²) in [6.45, 7) is 0.228. The van der Waals surface area contributed by atoms with Gasteiger partial charge in [-0.3, -0.25) is 4.79 Å². The minimum absolute atomic E-state index is 0.0608. The van der Waals surface area contributed by atoms with Crippen LogP contribution < -0.4 is 14.2 Å². The molecule has 4 bridgehead atoms. The van der Waals surface area contributed by atoms with Crippen molar-refractivity contribution in [2.24, 2.45) is 17.3 Å². The first-order valence-corrected chi connectivity index (χ1v) is 9.14. The molecule has 0 aromatic heterocycles. The molecule has 1 heterocycles. The molecule has 4 atom stereocenters. The van der Waals surface area contributed by atoms with Crippen molar-refractivity contribution in [2.75, 3.05) is 6.79 Å². The Kier molecular flexibility index (Phi) is 2.86. The Bertz CT molecular complexity index is 672. The Labute approximate surface area is 143 Å². The molecular weight excluding hydrogens is 360 g/mol. The maximum absolute atomic E-state index is 13.0. The van der Waals surface area contributed by atoms with Crippen LogP contribution in [-0.2, 0) is 4.79 Å². The Hall–Kier alpha value is -1.23. The normalized spacial score (nSPS) is 39.5. The lowest BCUT2D eigenvalue weighted by Crippen LogP contribution is -2.56. The average molecular weight is 379 g/mol. The van der Waals surface area contributed by atoms with Crippen LogP contribution in [0, 0.1) is 17.3 Å². The molecule has 5 aliphatic rings. The van der Waals surface area contributed by atoms with E-state index in [0.717, 1.165) is 19.3 Å². The van der Waals surface area contributed by atoms with Gasteiger partial charge in [-0.25, -0.2) is 0 Å². The maximum Gasteiger partial charge on any atom is 0.317 e. The summed E-state index contributed by atoms with van der Waals surface area (Å²) in [4.78, 5) is 13.0. The molecule has 6 rings (SSSR count). The number of carbonyl (C=O) groups excluding carboxylic acids is 1. The van der Waals surface area contributed by atoms with Gasteiger partial charge in [-0.1, -0.05) is 15.9 Å². The third kappa shape index (κ3) is 2.19. The number of hydrogen-bond acceptors (Lipinski definition) is 4. The summed E-state index contributed by atoms with van der Waals surface area (Å²) in [5.41, 5.74) is -0.302. The number of esters is 1. The highest BCUT2D eigenvalue weighted by atomic mass is 79.9. The lowest BCUT2D eigenvalue weighted by atomic mass is 9.49. The van der Waals surface area contributed by atoms with Crippen LogP contribution in [0.2, 0.25) is 0 Å². The van der Waals surface area contributed by atoms with Crippen molar-refractivity contribution in [1.29, 1.82) is 0 Å². The quantitative estimate of drug-likeness (QED) is 0.442. The Morgan fingerprint density at radius 1 is 1.13 bits per heavy atom. The molecule has 4 saturated carbocycles. The molecule has 0 amide bonds. The number of benzene rings is 1. The molecule has 4 nitrogen and oxygen atoms in total. The molecule has 0 spiro atoms. The van der Waals surface area contributed by atoms with E-state index in [1.54, 1.807) is 18.2 Å². The summed E-state index contributed by atoms with van der Waals surface area (Å²) in [6.07, 6.45) is 6.59. The minimum Gasteiger partial charge on any atom is -0.454 e. The maximum atomic E-state index is 13.0. The highest BCUT2D eigenvalue weighted by molar-refractivity contribution is 9.10. The summed E-state index contributed by atoms with van der Waals surface area (Å²) in [5, 5.41) is 0. The second kappa shape index (κ2) is 4.65. The van der Waals surface area contributed by atoms with Crippen LogP contribution in [-0.4, -0.2) is 17.1 Å². The zero-order chi connectivity index (χ0) is 15.7. The van der Waals surface area contributed by atoms with Crippen LogP contribution in [0.5, 0.6) is 17.2 Å². The molecule has 2 unspecified atom stereocenters. The van der Waals surface area contributed by atoms with E-state index in [4.69, 9.17) is 14.2 Å². The Morgan fingerprint density at radius 3 is 2.61 bits per heavy atom. The summed E-state index contributed by atoms with van der Waals surface area (Å²) in [5.74, 6) is 3.18. The fourth-order valence-electron chi connectivity index (χ4n) is 5.55. The molecule has 1 aromatic rings. The van der Waals surface area contributed by atoms with Gasteiger partial charge in [0.2, 0.25) is 6.79 Å². The van der Waals surface area contributed by atoms with E-state index in [-0.39, 0.29) is 22.5 Å². The lowest BCUT2D eigenvalue weighted by molar-refractivity contribution is -0.159. The van der Waals surface area contributed by atoms with E-state index in [2.05, 4.69) is 15.9 Å².